The van der Waals surface area contributed by atoms with Gasteiger partial charge in [0.05, 0.1) is 23.7 Å². The van der Waals surface area contributed by atoms with Gasteiger partial charge in [-0.05, 0) is 24.1 Å². The van der Waals surface area contributed by atoms with Crippen molar-refractivity contribution in [1.82, 2.24) is 4.98 Å². The molecule has 0 radical (unpaired) electrons. The van der Waals surface area contributed by atoms with Gasteiger partial charge in [-0.25, -0.2) is 9.37 Å². The lowest BCUT2D eigenvalue weighted by Crippen LogP contribution is -2.15. The second-order valence-corrected chi connectivity index (χ2v) is 6.22. The first-order valence-electron chi connectivity index (χ1n) is 6.79. The molecule has 1 N–H and O–H groups in total. The minimum absolute atomic E-state index is 0.152. The predicted molar refractivity (Wildman–Crippen MR) is 86.4 cm³/mol. The van der Waals surface area contributed by atoms with Crippen LogP contribution in [0.4, 0.5) is 9.52 Å². The number of rotatable bonds is 6. The summed E-state index contributed by atoms with van der Waals surface area (Å²) in [6, 6.07) is 3.86. The summed E-state index contributed by atoms with van der Waals surface area (Å²) in [4.78, 5) is 16.1. The molecule has 22 heavy (non-hydrogen) atoms. The average molecular weight is 343 g/mol. The second-order valence-electron chi connectivity index (χ2n) is 4.95. The highest BCUT2D eigenvalue weighted by atomic mass is 35.5. The lowest BCUT2D eigenvalue weighted by molar-refractivity contribution is -0.116. The summed E-state index contributed by atoms with van der Waals surface area (Å²) in [6.45, 7) is 4.24. The Bertz CT molecular complexity index is 661. The van der Waals surface area contributed by atoms with Crippen LogP contribution in [0, 0.1) is 5.82 Å². The van der Waals surface area contributed by atoms with E-state index >= 15 is 0 Å². The van der Waals surface area contributed by atoms with Crippen molar-refractivity contribution in [3.8, 4) is 5.75 Å². The monoisotopic (exact) mass is 342 g/mol. The van der Waals surface area contributed by atoms with E-state index in [9.17, 15) is 9.18 Å². The molecule has 0 aliphatic rings. The number of thiazole rings is 1. The number of ether oxygens (including phenoxy) is 1. The third kappa shape index (κ3) is 4.68. The molecule has 1 amide bonds. The van der Waals surface area contributed by atoms with Gasteiger partial charge in [-0.1, -0.05) is 25.4 Å². The fourth-order valence-electron chi connectivity index (χ4n) is 1.64. The van der Waals surface area contributed by atoms with Crippen molar-refractivity contribution in [2.75, 3.05) is 11.9 Å². The number of hydrogen-bond donors (Lipinski definition) is 1. The number of benzene rings is 1. The lowest BCUT2D eigenvalue weighted by Gasteiger charge is -2.07. The van der Waals surface area contributed by atoms with Gasteiger partial charge in [-0.3, -0.25) is 4.79 Å². The number of carbonyl (C=O) groups is 1. The van der Waals surface area contributed by atoms with Crippen LogP contribution in [0.15, 0.2) is 23.6 Å². The summed E-state index contributed by atoms with van der Waals surface area (Å²) in [6.07, 6.45) is 0.157. The second kappa shape index (κ2) is 7.56. The molecule has 7 heteroatoms. The first-order chi connectivity index (χ1) is 10.5. The zero-order valence-electron chi connectivity index (χ0n) is 12.2. The fourth-order valence-corrected chi connectivity index (χ4v) is 2.75. The number of halogens is 2. The van der Waals surface area contributed by atoms with Crippen molar-refractivity contribution in [1.29, 1.82) is 0 Å². The summed E-state index contributed by atoms with van der Waals surface area (Å²) in [7, 11) is 0. The maximum atomic E-state index is 12.9. The van der Waals surface area contributed by atoms with Gasteiger partial charge in [0.2, 0.25) is 5.91 Å². The largest absolute Gasteiger partial charge is 0.491 e. The Hall–Kier alpha value is -1.66. The number of amides is 1. The SMILES string of the molecule is CC(C)c1csc(NC(=O)CCOc2ccc(F)cc2Cl)n1. The van der Waals surface area contributed by atoms with Crippen LogP contribution in [0.3, 0.4) is 0 Å². The molecule has 118 valence electrons. The molecule has 0 fully saturated rings. The fraction of sp³-hybridized carbons (Fsp3) is 0.333. The number of nitrogens with zero attached hydrogens (tertiary/aromatic N) is 1. The normalized spacial score (nSPS) is 10.8. The Morgan fingerprint density at radius 2 is 2.27 bits per heavy atom. The summed E-state index contributed by atoms with van der Waals surface area (Å²) < 4.78 is 18.3. The number of anilines is 1. The molecule has 0 atom stereocenters. The summed E-state index contributed by atoms with van der Waals surface area (Å²) in [5.41, 5.74) is 0.953. The van der Waals surface area contributed by atoms with Gasteiger partial charge in [0, 0.05) is 5.38 Å². The van der Waals surface area contributed by atoms with Crippen molar-refractivity contribution in [2.45, 2.75) is 26.2 Å². The molecule has 0 aliphatic heterocycles. The van der Waals surface area contributed by atoms with Crippen molar-refractivity contribution in [3.63, 3.8) is 0 Å². The van der Waals surface area contributed by atoms with Crippen molar-refractivity contribution in [3.05, 3.63) is 40.1 Å². The van der Waals surface area contributed by atoms with Crippen molar-refractivity contribution >= 4 is 34.0 Å². The highest BCUT2D eigenvalue weighted by molar-refractivity contribution is 7.13. The number of nitrogens with one attached hydrogen (secondary N) is 1. The van der Waals surface area contributed by atoms with Gasteiger partial charge in [0.1, 0.15) is 11.6 Å². The zero-order valence-corrected chi connectivity index (χ0v) is 13.8. The molecule has 4 nitrogen and oxygen atoms in total. The highest BCUT2D eigenvalue weighted by Crippen LogP contribution is 2.25. The van der Waals surface area contributed by atoms with E-state index in [2.05, 4.69) is 10.3 Å². The van der Waals surface area contributed by atoms with Crippen LogP contribution in [-0.4, -0.2) is 17.5 Å². The first-order valence-corrected chi connectivity index (χ1v) is 8.04. The molecule has 0 saturated carbocycles. The summed E-state index contributed by atoms with van der Waals surface area (Å²) >= 11 is 7.23. The van der Waals surface area contributed by atoms with Gasteiger partial charge in [-0.15, -0.1) is 11.3 Å². The Balaban J connectivity index is 1.80. The van der Waals surface area contributed by atoms with Crippen LogP contribution in [0.2, 0.25) is 5.02 Å². The maximum Gasteiger partial charge on any atom is 0.229 e. The smallest absolute Gasteiger partial charge is 0.229 e. The van der Waals surface area contributed by atoms with Crippen LogP contribution in [-0.2, 0) is 4.79 Å². The topological polar surface area (TPSA) is 51.2 Å². The first kappa shape index (κ1) is 16.7. The third-order valence-corrected chi connectivity index (χ3v) is 3.91. The quantitative estimate of drug-likeness (QED) is 0.842. The van der Waals surface area contributed by atoms with Crippen LogP contribution >= 0.6 is 22.9 Å². The minimum atomic E-state index is -0.431. The molecule has 1 aromatic heterocycles. The third-order valence-electron chi connectivity index (χ3n) is 2.84. The van der Waals surface area contributed by atoms with Gasteiger partial charge in [0.15, 0.2) is 5.13 Å². The number of aromatic nitrogens is 1. The number of hydrogen-bond acceptors (Lipinski definition) is 4. The van der Waals surface area contributed by atoms with E-state index in [4.69, 9.17) is 16.3 Å². The van der Waals surface area contributed by atoms with Crippen LogP contribution in [0.25, 0.3) is 0 Å². The molecule has 0 unspecified atom stereocenters. The molecule has 0 saturated heterocycles. The predicted octanol–water partition coefficient (Wildman–Crippen LogP) is 4.47. The zero-order chi connectivity index (χ0) is 16.1. The number of carbonyl (C=O) groups excluding carboxylic acids is 1. The Kier molecular flexibility index (Phi) is 5.74. The molecule has 1 heterocycles. The Labute approximate surface area is 137 Å². The molecule has 0 bridgehead atoms. The van der Waals surface area contributed by atoms with Gasteiger partial charge >= 0.3 is 0 Å². The molecule has 2 rings (SSSR count). The summed E-state index contributed by atoms with van der Waals surface area (Å²) in [5.74, 6) is 0.0563. The molecule has 0 aliphatic carbocycles. The minimum Gasteiger partial charge on any atom is -0.491 e. The molecule has 2 aromatic rings. The Morgan fingerprint density at radius 1 is 1.50 bits per heavy atom. The lowest BCUT2D eigenvalue weighted by atomic mass is 10.2. The van der Waals surface area contributed by atoms with E-state index in [1.165, 1.54) is 29.5 Å². The van der Waals surface area contributed by atoms with E-state index in [1.54, 1.807) is 0 Å². The Morgan fingerprint density at radius 3 is 2.91 bits per heavy atom. The molecule has 0 spiro atoms. The van der Waals surface area contributed by atoms with Crippen molar-refractivity contribution < 1.29 is 13.9 Å². The van der Waals surface area contributed by atoms with Crippen LogP contribution in [0.5, 0.6) is 5.75 Å². The van der Waals surface area contributed by atoms with E-state index in [0.29, 0.717) is 16.8 Å². The molecular formula is C15H16ClFN2O2S. The van der Waals surface area contributed by atoms with E-state index in [0.717, 1.165) is 5.69 Å². The highest BCUT2D eigenvalue weighted by Gasteiger charge is 2.09. The van der Waals surface area contributed by atoms with E-state index < -0.39 is 5.82 Å². The van der Waals surface area contributed by atoms with E-state index in [1.807, 2.05) is 19.2 Å². The van der Waals surface area contributed by atoms with Crippen molar-refractivity contribution in [2.24, 2.45) is 0 Å². The maximum absolute atomic E-state index is 12.9. The van der Waals surface area contributed by atoms with Gasteiger partial charge in [0.25, 0.3) is 0 Å². The van der Waals surface area contributed by atoms with Gasteiger partial charge in [-0.2, -0.15) is 0 Å². The van der Waals surface area contributed by atoms with E-state index in [-0.39, 0.29) is 24.0 Å². The molecular weight excluding hydrogens is 327 g/mol. The average Bonchev–Trinajstić information content (AvgIpc) is 2.90. The van der Waals surface area contributed by atoms with Crippen LogP contribution in [0.1, 0.15) is 31.9 Å². The van der Waals surface area contributed by atoms with Gasteiger partial charge < -0.3 is 10.1 Å². The molecule has 1 aromatic carbocycles. The standard InChI is InChI=1S/C15H16ClFN2O2S/c1-9(2)12-8-22-15(18-12)19-14(20)5-6-21-13-4-3-10(17)7-11(13)16/h3-4,7-9H,5-6H2,1-2H3,(H,18,19,20). The summed E-state index contributed by atoms with van der Waals surface area (Å²) in [5, 5.41) is 5.41. The van der Waals surface area contributed by atoms with Crippen LogP contribution < -0.4 is 10.1 Å².